The van der Waals surface area contributed by atoms with E-state index in [1.165, 1.54) is 11.0 Å². The summed E-state index contributed by atoms with van der Waals surface area (Å²) >= 11 is 0. The third-order valence-corrected chi connectivity index (χ3v) is 2.30. The first-order valence-corrected chi connectivity index (χ1v) is 5.05. The van der Waals surface area contributed by atoms with E-state index in [0.29, 0.717) is 0 Å². The number of carbonyl (C=O) groups excluding carboxylic acids is 1. The number of benzene rings is 1. The van der Waals surface area contributed by atoms with E-state index in [1.807, 2.05) is 0 Å². The second-order valence-corrected chi connectivity index (χ2v) is 3.92. The Hall–Kier alpha value is -1.85. The average Bonchev–Trinajstić information content (AvgIpc) is 2.28. The van der Waals surface area contributed by atoms with E-state index >= 15 is 0 Å². The van der Waals surface area contributed by atoms with E-state index in [-0.39, 0.29) is 17.3 Å². The molecule has 17 heavy (non-hydrogen) atoms. The monoisotopic (exact) mass is 243 g/mol. The van der Waals surface area contributed by atoms with Gasteiger partial charge in [0.2, 0.25) is 5.91 Å². The number of nitrogens with zero attached hydrogens (tertiary/aromatic N) is 1. The average molecular weight is 243 g/mol. The van der Waals surface area contributed by atoms with Gasteiger partial charge in [-0.2, -0.15) is 0 Å². The third kappa shape index (κ3) is 2.83. The number of carbonyl (C=O) groups is 1. The number of amides is 1. The number of nitrogens with two attached hydrogens (primary N) is 1. The van der Waals surface area contributed by atoms with Crippen LogP contribution in [0.2, 0.25) is 0 Å². The van der Waals surface area contributed by atoms with Crippen LogP contribution in [-0.4, -0.2) is 30.9 Å². The Morgan fingerprint density at radius 1 is 1.41 bits per heavy atom. The van der Waals surface area contributed by atoms with E-state index < -0.39 is 17.7 Å². The Morgan fingerprint density at radius 2 is 2.00 bits per heavy atom. The maximum absolute atomic E-state index is 13.4. The lowest BCUT2D eigenvalue weighted by Crippen LogP contribution is -2.37. The Balaban J connectivity index is 2.96. The van der Waals surface area contributed by atoms with Gasteiger partial charge < -0.3 is 16.0 Å². The SMILES string of the molecule is CC(Nc1c(N)ccc(F)c1F)C(=O)N(C)C. The summed E-state index contributed by atoms with van der Waals surface area (Å²) in [5, 5.41) is 2.57. The highest BCUT2D eigenvalue weighted by Gasteiger charge is 2.19. The molecule has 4 nitrogen and oxygen atoms in total. The number of rotatable bonds is 3. The van der Waals surface area contributed by atoms with E-state index in [2.05, 4.69) is 5.32 Å². The summed E-state index contributed by atoms with van der Waals surface area (Å²) in [6.07, 6.45) is 0. The number of nitrogens with one attached hydrogen (secondary N) is 1. The first-order chi connectivity index (χ1) is 7.84. The minimum Gasteiger partial charge on any atom is -0.397 e. The second-order valence-electron chi connectivity index (χ2n) is 3.92. The Labute approximate surface area is 98.4 Å². The van der Waals surface area contributed by atoms with Gasteiger partial charge in [-0.3, -0.25) is 4.79 Å². The summed E-state index contributed by atoms with van der Waals surface area (Å²) in [7, 11) is 3.15. The standard InChI is InChI=1S/C11H15F2N3O/c1-6(11(17)16(2)3)15-10-8(14)5-4-7(12)9(10)13/h4-6,15H,14H2,1-3H3. The fourth-order valence-corrected chi connectivity index (χ4v) is 1.38. The van der Waals surface area contributed by atoms with Crippen LogP contribution in [0.4, 0.5) is 20.2 Å². The molecule has 94 valence electrons. The van der Waals surface area contributed by atoms with Gasteiger partial charge in [-0.15, -0.1) is 0 Å². The zero-order chi connectivity index (χ0) is 13.2. The molecule has 0 aromatic heterocycles. The van der Waals surface area contributed by atoms with Crippen molar-refractivity contribution < 1.29 is 13.6 Å². The molecule has 3 N–H and O–H groups in total. The van der Waals surface area contributed by atoms with Crippen LogP contribution >= 0.6 is 0 Å². The molecule has 0 spiro atoms. The zero-order valence-electron chi connectivity index (χ0n) is 9.92. The number of anilines is 2. The van der Waals surface area contributed by atoms with Crippen molar-refractivity contribution in [2.24, 2.45) is 0 Å². The highest BCUT2D eigenvalue weighted by molar-refractivity contribution is 5.85. The van der Waals surface area contributed by atoms with Crippen molar-refractivity contribution in [3.8, 4) is 0 Å². The molecule has 1 amide bonds. The van der Waals surface area contributed by atoms with Gasteiger partial charge in [0.05, 0.1) is 11.4 Å². The molecule has 0 fully saturated rings. The Kier molecular flexibility index (Phi) is 3.88. The van der Waals surface area contributed by atoms with Gasteiger partial charge >= 0.3 is 0 Å². The highest BCUT2D eigenvalue weighted by Crippen LogP contribution is 2.25. The molecular weight excluding hydrogens is 228 g/mol. The third-order valence-electron chi connectivity index (χ3n) is 2.30. The van der Waals surface area contributed by atoms with Gasteiger partial charge in [0.25, 0.3) is 0 Å². The van der Waals surface area contributed by atoms with Crippen molar-refractivity contribution in [3.63, 3.8) is 0 Å². The molecule has 0 aliphatic carbocycles. The first-order valence-electron chi connectivity index (χ1n) is 5.05. The first kappa shape index (κ1) is 13.2. The molecular formula is C11H15F2N3O. The lowest BCUT2D eigenvalue weighted by molar-refractivity contribution is -0.129. The molecule has 1 unspecified atom stereocenters. The van der Waals surface area contributed by atoms with Crippen molar-refractivity contribution in [1.82, 2.24) is 4.90 Å². The number of hydrogen-bond donors (Lipinski definition) is 2. The second kappa shape index (κ2) is 4.99. The van der Waals surface area contributed by atoms with E-state index in [9.17, 15) is 13.6 Å². The van der Waals surface area contributed by atoms with E-state index in [0.717, 1.165) is 6.07 Å². The van der Waals surface area contributed by atoms with Crippen LogP contribution in [0.1, 0.15) is 6.92 Å². The summed E-state index contributed by atoms with van der Waals surface area (Å²) in [5.74, 6) is -2.34. The number of likely N-dealkylation sites (N-methyl/N-ethyl adjacent to an activating group) is 1. The zero-order valence-corrected chi connectivity index (χ0v) is 9.92. The molecule has 0 saturated carbocycles. The summed E-state index contributed by atoms with van der Waals surface area (Å²) in [6, 6.07) is 1.49. The maximum Gasteiger partial charge on any atom is 0.244 e. The molecule has 1 rings (SSSR count). The van der Waals surface area contributed by atoms with Crippen LogP contribution in [-0.2, 0) is 4.79 Å². The minimum absolute atomic E-state index is 0.0577. The van der Waals surface area contributed by atoms with Crippen molar-refractivity contribution >= 4 is 17.3 Å². The van der Waals surface area contributed by atoms with Crippen LogP contribution in [0, 0.1) is 11.6 Å². The maximum atomic E-state index is 13.4. The summed E-state index contributed by atoms with van der Waals surface area (Å²) in [4.78, 5) is 12.9. The quantitative estimate of drug-likeness (QED) is 0.790. The predicted octanol–water partition coefficient (Wildman–Crippen LogP) is 1.44. The fourth-order valence-electron chi connectivity index (χ4n) is 1.38. The summed E-state index contributed by atoms with van der Waals surface area (Å²) in [6.45, 7) is 1.55. The van der Waals surface area contributed by atoms with Gasteiger partial charge in [0, 0.05) is 14.1 Å². The summed E-state index contributed by atoms with van der Waals surface area (Å²) in [5.41, 5.74) is 5.39. The molecule has 0 heterocycles. The number of hydrogen-bond acceptors (Lipinski definition) is 3. The van der Waals surface area contributed by atoms with Gasteiger partial charge in [0.15, 0.2) is 11.6 Å². The van der Waals surface area contributed by atoms with E-state index in [4.69, 9.17) is 5.73 Å². The summed E-state index contributed by atoms with van der Waals surface area (Å²) < 4.78 is 26.4. The van der Waals surface area contributed by atoms with Crippen LogP contribution in [0.3, 0.4) is 0 Å². The topological polar surface area (TPSA) is 58.4 Å². The fraction of sp³-hybridized carbons (Fsp3) is 0.364. The highest BCUT2D eigenvalue weighted by atomic mass is 19.2. The molecule has 0 radical (unpaired) electrons. The molecule has 1 aromatic carbocycles. The van der Waals surface area contributed by atoms with Crippen LogP contribution in [0.15, 0.2) is 12.1 Å². The largest absolute Gasteiger partial charge is 0.397 e. The lowest BCUT2D eigenvalue weighted by atomic mass is 10.2. The van der Waals surface area contributed by atoms with E-state index in [1.54, 1.807) is 21.0 Å². The molecule has 0 aliphatic rings. The van der Waals surface area contributed by atoms with Gasteiger partial charge in [0.1, 0.15) is 6.04 Å². The Bertz CT molecular complexity index is 435. The molecule has 1 aromatic rings. The van der Waals surface area contributed by atoms with Crippen LogP contribution in [0.5, 0.6) is 0 Å². The van der Waals surface area contributed by atoms with Crippen molar-refractivity contribution in [2.45, 2.75) is 13.0 Å². The van der Waals surface area contributed by atoms with Crippen LogP contribution in [0.25, 0.3) is 0 Å². The van der Waals surface area contributed by atoms with Crippen LogP contribution < -0.4 is 11.1 Å². The molecule has 1 atom stereocenters. The van der Waals surface area contributed by atoms with Gasteiger partial charge in [-0.05, 0) is 19.1 Å². The number of nitrogen functional groups attached to an aromatic ring is 1. The molecule has 0 aliphatic heterocycles. The predicted molar refractivity (Wildman–Crippen MR) is 62.5 cm³/mol. The normalized spacial score (nSPS) is 12.1. The Morgan fingerprint density at radius 3 is 2.53 bits per heavy atom. The van der Waals surface area contributed by atoms with Gasteiger partial charge in [-0.1, -0.05) is 0 Å². The minimum atomic E-state index is -1.08. The number of halogens is 2. The van der Waals surface area contributed by atoms with Gasteiger partial charge in [-0.25, -0.2) is 8.78 Å². The van der Waals surface area contributed by atoms with Crippen molar-refractivity contribution in [1.29, 1.82) is 0 Å². The molecule has 0 saturated heterocycles. The smallest absolute Gasteiger partial charge is 0.244 e. The van der Waals surface area contributed by atoms with Crippen molar-refractivity contribution in [2.75, 3.05) is 25.1 Å². The molecule has 0 bridgehead atoms. The lowest BCUT2D eigenvalue weighted by Gasteiger charge is -2.20. The molecule has 6 heteroatoms. The van der Waals surface area contributed by atoms with Crippen molar-refractivity contribution in [3.05, 3.63) is 23.8 Å².